The van der Waals surface area contributed by atoms with Gasteiger partial charge in [0.2, 0.25) is 0 Å². The first-order chi connectivity index (χ1) is 15.2. The number of pyridine rings is 1. The summed E-state index contributed by atoms with van der Waals surface area (Å²) in [4.78, 5) is 7.86. The maximum atomic E-state index is 5.60. The minimum absolute atomic E-state index is 0.587. The molecular weight excluding hydrogens is 384 g/mol. The summed E-state index contributed by atoms with van der Waals surface area (Å²) < 4.78 is 1.84. The molecule has 0 saturated heterocycles. The lowest BCUT2D eigenvalue weighted by atomic mass is 9.85. The Kier molecular flexibility index (Phi) is 5.27. The third-order valence-electron chi connectivity index (χ3n) is 6.04. The fourth-order valence-corrected chi connectivity index (χ4v) is 4.10. The van der Waals surface area contributed by atoms with Crippen molar-refractivity contribution in [2.24, 2.45) is 5.92 Å². The third-order valence-corrected chi connectivity index (χ3v) is 6.04. The van der Waals surface area contributed by atoms with Gasteiger partial charge in [0.05, 0.1) is 12.7 Å². The Bertz CT molecular complexity index is 1250. The number of aromatic nitrogens is 5. The van der Waals surface area contributed by atoms with Crippen LogP contribution in [0.25, 0.3) is 22.2 Å². The summed E-state index contributed by atoms with van der Waals surface area (Å²) in [6.07, 6.45) is 13.4. The van der Waals surface area contributed by atoms with Gasteiger partial charge in [-0.15, -0.1) is 11.5 Å². The molecule has 3 aromatic heterocycles. The number of H-pyrrole nitrogens is 1. The highest BCUT2D eigenvalue weighted by atomic mass is 15.4. The van der Waals surface area contributed by atoms with Crippen molar-refractivity contribution in [1.29, 1.82) is 0 Å². The van der Waals surface area contributed by atoms with Gasteiger partial charge in [-0.1, -0.05) is 23.8 Å². The molecule has 1 saturated carbocycles. The lowest BCUT2D eigenvalue weighted by Gasteiger charge is -2.25. The molecule has 5 rings (SSSR count). The van der Waals surface area contributed by atoms with Gasteiger partial charge in [0, 0.05) is 29.5 Å². The average molecular weight is 411 g/mol. The Morgan fingerprint density at radius 3 is 2.97 bits per heavy atom. The molecule has 3 heterocycles. The Morgan fingerprint density at radius 1 is 1.26 bits per heavy atom. The van der Waals surface area contributed by atoms with Crippen LogP contribution in [0.2, 0.25) is 0 Å². The highest BCUT2D eigenvalue weighted by Gasteiger charge is 2.16. The van der Waals surface area contributed by atoms with Crippen molar-refractivity contribution in [2.75, 3.05) is 6.54 Å². The SMILES string of the molecule is C#Cc1ncc(C)cc1-c1cn(Cc2ccc3cc(CNCC4CCC4)[nH]c3c2)nn1. The molecule has 0 radical (unpaired) electrons. The number of nitrogens with zero attached hydrogens (tertiary/aromatic N) is 4. The van der Waals surface area contributed by atoms with Crippen LogP contribution in [0.15, 0.2) is 42.7 Å². The van der Waals surface area contributed by atoms with E-state index in [4.69, 9.17) is 6.42 Å². The van der Waals surface area contributed by atoms with Gasteiger partial charge >= 0.3 is 0 Å². The second-order valence-corrected chi connectivity index (χ2v) is 8.50. The van der Waals surface area contributed by atoms with Crippen molar-refractivity contribution in [3.05, 3.63) is 65.2 Å². The zero-order chi connectivity index (χ0) is 21.2. The Morgan fingerprint density at radius 2 is 2.16 bits per heavy atom. The minimum atomic E-state index is 0.587. The molecule has 6 nitrogen and oxygen atoms in total. The summed E-state index contributed by atoms with van der Waals surface area (Å²) in [5, 5.41) is 13.4. The van der Waals surface area contributed by atoms with Crippen LogP contribution >= 0.6 is 0 Å². The molecule has 1 aromatic carbocycles. The van der Waals surface area contributed by atoms with Crippen molar-refractivity contribution in [3.63, 3.8) is 0 Å². The number of terminal acetylenes is 1. The van der Waals surface area contributed by atoms with Gasteiger partial charge in [-0.3, -0.25) is 0 Å². The second kappa shape index (κ2) is 8.37. The van der Waals surface area contributed by atoms with E-state index in [1.165, 1.54) is 35.9 Å². The van der Waals surface area contributed by atoms with E-state index in [9.17, 15) is 0 Å². The monoisotopic (exact) mass is 410 g/mol. The summed E-state index contributed by atoms with van der Waals surface area (Å²) in [7, 11) is 0. The number of hydrogen-bond donors (Lipinski definition) is 2. The smallest absolute Gasteiger partial charge is 0.122 e. The van der Waals surface area contributed by atoms with E-state index < -0.39 is 0 Å². The van der Waals surface area contributed by atoms with Crippen LogP contribution in [0.5, 0.6) is 0 Å². The molecule has 0 atom stereocenters. The van der Waals surface area contributed by atoms with Gasteiger partial charge in [-0.25, -0.2) is 9.67 Å². The first-order valence-electron chi connectivity index (χ1n) is 10.8. The fourth-order valence-electron chi connectivity index (χ4n) is 4.10. The normalized spacial score (nSPS) is 13.9. The van der Waals surface area contributed by atoms with E-state index in [2.05, 4.69) is 55.8 Å². The standard InChI is InChI=1S/C25H26N6/c1-3-23-22(9-17(2)12-27-23)25-16-31(30-29-25)15-19-7-8-20-11-21(28-24(20)10-19)14-26-13-18-5-4-6-18/h1,7-12,16,18,26,28H,4-6,13-15H2,2H3. The van der Waals surface area contributed by atoms with Crippen molar-refractivity contribution < 1.29 is 0 Å². The molecule has 4 aromatic rings. The van der Waals surface area contributed by atoms with Crippen LogP contribution in [0.4, 0.5) is 0 Å². The molecule has 1 fully saturated rings. The van der Waals surface area contributed by atoms with Crippen LogP contribution in [0, 0.1) is 25.2 Å². The molecule has 0 bridgehead atoms. The van der Waals surface area contributed by atoms with Crippen LogP contribution in [-0.2, 0) is 13.1 Å². The number of fused-ring (bicyclic) bond motifs is 1. The van der Waals surface area contributed by atoms with Gasteiger partial charge in [0.15, 0.2) is 0 Å². The van der Waals surface area contributed by atoms with E-state index in [-0.39, 0.29) is 0 Å². The molecular formula is C25H26N6. The van der Waals surface area contributed by atoms with Crippen molar-refractivity contribution >= 4 is 10.9 Å². The zero-order valence-corrected chi connectivity index (χ0v) is 17.7. The second-order valence-electron chi connectivity index (χ2n) is 8.50. The minimum Gasteiger partial charge on any atom is -0.357 e. The number of rotatable bonds is 7. The summed E-state index contributed by atoms with van der Waals surface area (Å²) in [5.41, 5.74) is 6.75. The molecule has 6 heteroatoms. The lowest BCUT2D eigenvalue weighted by molar-refractivity contribution is 0.301. The van der Waals surface area contributed by atoms with Gasteiger partial charge in [0.1, 0.15) is 11.4 Å². The largest absolute Gasteiger partial charge is 0.357 e. The molecule has 0 unspecified atom stereocenters. The van der Waals surface area contributed by atoms with E-state index >= 15 is 0 Å². The Hall–Kier alpha value is -3.43. The Balaban J connectivity index is 1.29. The van der Waals surface area contributed by atoms with E-state index in [0.29, 0.717) is 12.2 Å². The van der Waals surface area contributed by atoms with Gasteiger partial charge in [-0.2, -0.15) is 0 Å². The quantitative estimate of drug-likeness (QED) is 0.451. The Labute approximate surface area is 182 Å². The molecule has 31 heavy (non-hydrogen) atoms. The summed E-state index contributed by atoms with van der Waals surface area (Å²) in [6.45, 7) is 4.63. The third kappa shape index (κ3) is 4.23. The topological polar surface area (TPSA) is 71.4 Å². The predicted octanol–water partition coefficient (Wildman–Crippen LogP) is 4.05. The summed E-state index contributed by atoms with van der Waals surface area (Å²) in [6, 6.07) is 10.7. The van der Waals surface area contributed by atoms with E-state index in [1.807, 2.05) is 23.9 Å². The molecule has 1 aliphatic carbocycles. The van der Waals surface area contributed by atoms with Crippen LogP contribution in [0.1, 0.15) is 41.8 Å². The maximum Gasteiger partial charge on any atom is 0.122 e. The number of benzene rings is 1. The van der Waals surface area contributed by atoms with Crippen LogP contribution in [0.3, 0.4) is 0 Å². The zero-order valence-electron chi connectivity index (χ0n) is 17.7. The van der Waals surface area contributed by atoms with Crippen molar-refractivity contribution in [1.82, 2.24) is 30.3 Å². The summed E-state index contributed by atoms with van der Waals surface area (Å²) >= 11 is 0. The number of aryl methyl sites for hydroxylation is 1. The number of nitrogens with one attached hydrogen (secondary N) is 2. The first-order valence-corrected chi connectivity index (χ1v) is 10.8. The van der Waals surface area contributed by atoms with Crippen LogP contribution in [-0.4, -0.2) is 31.5 Å². The van der Waals surface area contributed by atoms with Crippen molar-refractivity contribution in [3.8, 4) is 23.6 Å². The fraction of sp³-hybridized carbons (Fsp3) is 0.320. The van der Waals surface area contributed by atoms with E-state index in [1.54, 1.807) is 6.20 Å². The van der Waals surface area contributed by atoms with Crippen LogP contribution < -0.4 is 5.32 Å². The number of hydrogen-bond acceptors (Lipinski definition) is 4. The number of aromatic amines is 1. The lowest BCUT2D eigenvalue weighted by Crippen LogP contribution is -2.26. The van der Waals surface area contributed by atoms with Gasteiger partial charge < -0.3 is 10.3 Å². The van der Waals surface area contributed by atoms with E-state index in [0.717, 1.165) is 41.3 Å². The molecule has 2 N–H and O–H groups in total. The van der Waals surface area contributed by atoms with Crippen molar-refractivity contribution in [2.45, 2.75) is 39.3 Å². The molecule has 156 valence electrons. The van der Waals surface area contributed by atoms with Gasteiger partial charge in [-0.05, 0) is 72.9 Å². The van der Waals surface area contributed by atoms with Gasteiger partial charge in [0.25, 0.3) is 0 Å². The summed E-state index contributed by atoms with van der Waals surface area (Å²) in [5.74, 6) is 3.50. The molecule has 1 aliphatic rings. The highest BCUT2D eigenvalue weighted by Crippen LogP contribution is 2.25. The average Bonchev–Trinajstić information content (AvgIpc) is 3.36. The first kappa shape index (κ1) is 19.5. The maximum absolute atomic E-state index is 5.60. The molecule has 0 spiro atoms. The molecule has 0 amide bonds. The predicted molar refractivity (Wildman–Crippen MR) is 122 cm³/mol. The molecule has 0 aliphatic heterocycles. The highest BCUT2D eigenvalue weighted by molar-refractivity contribution is 5.81.